The number of aromatic nitrogens is 3. The normalized spacial score (nSPS) is 11.6. The van der Waals surface area contributed by atoms with E-state index < -0.39 is 11.4 Å². The lowest BCUT2D eigenvalue weighted by molar-refractivity contribution is -0.142. The van der Waals surface area contributed by atoms with Crippen molar-refractivity contribution in [1.29, 1.82) is 0 Å². The molecule has 0 aromatic carbocycles. The number of nitrogens with one attached hydrogen (secondary N) is 1. The Morgan fingerprint density at radius 2 is 2.30 bits per heavy atom. The number of hydrogen-bond donors (Lipinski definition) is 2. The second-order valence-corrected chi connectivity index (χ2v) is 5.98. The van der Waals surface area contributed by atoms with Gasteiger partial charge in [-0.2, -0.15) is 5.10 Å². The second kappa shape index (κ2) is 5.62. The summed E-state index contributed by atoms with van der Waals surface area (Å²) in [4.78, 5) is 15.5. The van der Waals surface area contributed by atoms with Gasteiger partial charge >= 0.3 is 5.97 Å². The Labute approximate surface area is 121 Å². The third-order valence-electron chi connectivity index (χ3n) is 3.11. The number of nitrogens with zero attached hydrogens (tertiary/aromatic N) is 3. The molecule has 0 aliphatic heterocycles. The van der Waals surface area contributed by atoms with E-state index in [0.29, 0.717) is 5.69 Å². The molecule has 2 rings (SSSR count). The van der Waals surface area contributed by atoms with E-state index in [0.717, 1.165) is 23.8 Å². The predicted octanol–water partition coefficient (Wildman–Crippen LogP) is 1.89. The highest BCUT2D eigenvalue weighted by molar-refractivity contribution is 7.13. The van der Waals surface area contributed by atoms with E-state index in [1.165, 1.54) is 11.3 Å². The van der Waals surface area contributed by atoms with Gasteiger partial charge in [0.2, 0.25) is 0 Å². The molecule has 0 saturated heterocycles. The molecular formula is C13H18N4O2S. The number of anilines is 1. The van der Waals surface area contributed by atoms with Crippen molar-refractivity contribution in [1.82, 2.24) is 14.8 Å². The van der Waals surface area contributed by atoms with E-state index >= 15 is 0 Å². The van der Waals surface area contributed by atoms with Crippen molar-refractivity contribution in [3.63, 3.8) is 0 Å². The number of rotatable bonds is 6. The summed E-state index contributed by atoms with van der Waals surface area (Å²) in [5.41, 5.74) is 0.634. The van der Waals surface area contributed by atoms with E-state index in [-0.39, 0.29) is 0 Å². The lowest BCUT2D eigenvalue weighted by Crippen LogP contribution is -2.28. The van der Waals surface area contributed by atoms with Gasteiger partial charge in [0.25, 0.3) is 0 Å². The minimum atomic E-state index is -0.961. The molecule has 0 amide bonds. The molecule has 7 heteroatoms. The first-order valence-corrected chi connectivity index (χ1v) is 7.19. The van der Waals surface area contributed by atoms with Crippen LogP contribution in [0.2, 0.25) is 0 Å². The summed E-state index contributed by atoms with van der Waals surface area (Å²) in [6, 6.07) is 1.97. The van der Waals surface area contributed by atoms with Crippen LogP contribution in [0, 0.1) is 0 Å². The summed E-state index contributed by atoms with van der Waals surface area (Å²) in [7, 11) is 1.89. The molecule has 2 heterocycles. The Hall–Kier alpha value is -1.89. The van der Waals surface area contributed by atoms with Gasteiger partial charge in [-0.1, -0.05) is 0 Å². The van der Waals surface area contributed by atoms with Crippen LogP contribution in [0.4, 0.5) is 5.13 Å². The second-order valence-electron chi connectivity index (χ2n) is 5.13. The predicted molar refractivity (Wildman–Crippen MR) is 78.2 cm³/mol. The molecular weight excluding hydrogens is 276 g/mol. The van der Waals surface area contributed by atoms with Crippen molar-refractivity contribution in [3.05, 3.63) is 29.0 Å². The maximum Gasteiger partial charge on any atom is 0.315 e. The minimum Gasteiger partial charge on any atom is -0.481 e. The number of hydrogen-bond acceptors (Lipinski definition) is 5. The highest BCUT2D eigenvalue weighted by Gasteiger charge is 2.32. The van der Waals surface area contributed by atoms with Crippen LogP contribution in [0.3, 0.4) is 0 Å². The monoisotopic (exact) mass is 294 g/mol. The Balaban J connectivity index is 1.92. The minimum absolute atomic E-state index is 0.579. The average molecular weight is 294 g/mol. The molecule has 2 N–H and O–H groups in total. The largest absolute Gasteiger partial charge is 0.481 e. The van der Waals surface area contributed by atoms with Gasteiger partial charge in [0, 0.05) is 31.6 Å². The van der Waals surface area contributed by atoms with Crippen LogP contribution in [-0.4, -0.2) is 32.4 Å². The van der Waals surface area contributed by atoms with E-state index in [9.17, 15) is 4.79 Å². The Morgan fingerprint density at radius 3 is 2.90 bits per heavy atom. The molecule has 0 radical (unpaired) electrons. The quantitative estimate of drug-likeness (QED) is 0.850. The topological polar surface area (TPSA) is 80.0 Å². The fraction of sp³-hybridized carbons (Fsp3) is 0.462. The van der Waals surface area contributed by atoms with Crippen LogP contribution in [0.1, 0.15) is 25.2 Å². The first kappa shape index (κ1) is 14.5. The zero-order valence-electron chi connectivity index (χ0n) is 11.8. The van der Waals surface area contributed by atoms with E-state index in [1.54, 1.807) is 23.9 Å². The summed E-state index contributed by atoms with van der Waals surface area (Å²) in [6.45, 7) is 4.03. The van der Waals surface area contributed by atoms with Crippen molar-refractivity contribution in [2.45, 2.75) is 25.7 Å². The van der Waals surface area contributed by atoms with Gasteiger partial charge in [0.05, 0.1) is 11.4 Å². The fourth-order valence-electron chi connectivity index (χ4n) is 1.65. The third kappa shape index (κ3) is 3.16. The summed E-state index contributed by atoms with van der Waals surface area (Å²) in [5.74, 6) is -0.872. The van der Waals surface area contributed by atoms with Crippen LogP contribution in [0.5, 0.6) is 0 Å². The van der Waals surface area contributed by atoms with Crippen LogP contribution >= 0.6 is 11.3 Å². The molecule has 0 saturated carbocycles. The lowest BCUT2D eigenvalue weighted by Gasteiger charge is -2.15. The molecule has 0 bridgehead atoms. The summed E-state index contributed by atoms with van der Waals surface area (Å²) < 4.78 is 1.77. The molecule has 108 valence electrons. The van der Waals surface area contributed by atoms with Gasteiger partial charge < -0.3 is 10.4 Å². The molecule has 0 unspecified atom stereocenters. The molecule has 6 nitrogen and oxygen atoms in total. The Bertz CT molecular complexity index is 603. The first-order valence-electron chi connectivity index (χ1n) is 6.31. The Morgan fingerprint density at radius 1 is 1.55 bits per heavy atom. The molecule has 0 fully saturated rings. The van der Waals surface area contributed by atoms with Crippen molar-refractivity contribution < 1.29 is 9.90 Å². The molecule has 0 aliphatic carbocycles. The zero-order valence-corrected chi connectivity index (χ0v) is 12.6. The van der Waals surface area contributed by atoms with Crippen molar-refractivity contribution >= 4 is 22.4 Å². The zero-order chi connectivity index (χ0) is 14.8. The van der Waals surface area contributed by atoms with Crippen LogP contribution in [-0.2, 0) is 23.7 Å². The standard InChI is InChI=1S/C13H18N4O2S/c1-13(2,11(18)19)10-8-20-12(15-10)14-6-4-9-5-7-17(3)16-9/h5,7-8H,4,6H2,1-3H3,(H,14,15)(H,18,19). The van der Waals surface area contributed by atoms with Gasteiger partial charge in [0.1, 0.15) is 5.41 Å². The van der Waals surface area contributed by atoms with Crippen molar-refractivity contribution in [2.24, 2.45) is 7.05 Å². The SMILES string of the molecule is Cn1ccc(CCNc2nc(C(C)(C)C(=O)O)cs2)n1. The highest BCUT2D eigenvalue weighted by Crippen LogP contribution is 2.27. The number of carbonyl (C=O) groups is 1. The number of thiazole rings is 1. The summed E-state index contributed by atoms with van der Waals surface area (Å²) in [5, 5.41) is 19.2. The van der Waals surface area contributed by atoms with Gasteiger partial charge in [-0.3, -0.25) is 9.48 Å². The smallest absolute Gasteiger partial charge is 0.315 e. The molecule has 2 aromatic heterocycles. The average Bonchev–Trinajstić information content (AvgIpc) is 2.99. The van der Waals surface area contributed by atoms with Crippen molar-refractivity contribution in [2.75, 3.05) is 11.9 Å². The molecule has 0 spiro atoms. The van der Waals surface area contributed by atoms with Crippen LogP contribution < -0.4 is 5.32 Å². The number of carboxylic acid groups (broad SMARTS) is 1. The lowest BCUT2D eigenvalue weighted by atomic mass is 9.90. The van der Waals surface area contributed by atoms with Crippen LogP contribution in [0.15, 0.2) is 17.6 Å². The van der Waals surface area contributed by atoms with Gasteiger partial charge in [-0.25, -0.2) is 4.98 Å². The summed E-state index contributed by atoms with van der Waals surface area (Å²) >= 11 is 1.42. The fourth-order valence-corrected chi connectivity index (χ4v) is 2.55. The maximum atomic E-state index is 11.2. The van der Waals surface area contributed by atoms with E-state index in [2.05, 4.69) is 15.4 Å². The van der Waals surface area contributed by atoms with Crippen LogP contribution in [0.25, 0.3) is 0 Å². The molecule has 0 aliphatic rings. The maximum absolute atomic E-state index is 11.2. The van der Waals surface area contributed by atoms with E-state index in [1.807, 2.05) is 19.3 Å². The molecule has 20 heavy (non-hydrogen) atoms. The highest BCUT2D eigenvalue weighted by atomic mass is 32.1. The van der Waals surface area contributed by atoms with Gasteiger partial charge in [-0.15, -0.1) is 11.3 Å². The van der Waals surface area contributed by atoms with E-state index in [4.69, 9.17) is 5.11 Å². The number of aliphatic carboxylic acids is 1. The summed E-state index contributed by atoms with van der Waals surface area (Å²) in [6.07, 6.45) is 2.71. The number of carboxylic acids is 1. The van der Waals surface area contributed by atoms with Crippen molar-refractivity contribution in [3.8, 4) is 0 Å². The Kier molecular flexibility index (Phi) is 4.08. The molecule has 0 atom stereocenters. The first-order chi connectivity index (χ1) is 9.39. The third-order valence-corrected chi connectivity index (χ3v) is 3.91. The van der Waals surface area contributed by atoms with Gasteiger partial charge in [-0.05, 0) is 19.9 Å². The van der Waals surface area contributed by atoms with Gasteiger partial charge in [0.15, 0.2) is 5.13 Å². The number of aryl methyl sites for hydroxylation is 1. The molecule has 2 aromatic rings.